The second-order valence-electron chi connectivity index (χ2n) is 4.03. The third-order valence-corrected chi connectivity index (χ3v) is 2.63. The molecular formula is C14H11N3O. The van der Waals surface area contributed by atoms with Crippen LogP contribution in [0.1, 0.15) is 5.56 Å². The number of aryl methyl sites for hydroxylation is 1. The molecule has 4 nitrogen and oxygen atoms in total. The Morgan fingerprint density at radius 1 is 1.00 bits per heavy atom. The van der Waals surface area contributed by atoms with Crippen molar-refractivity contribution in [1.29, 1.82) is 0 Å². The lowest BCUT2D eigenvalue weighted by Gasteiger charge is -1.95. The largest absolute Gasteiger partial charge is 0.334 e. The number of rotatable bonds is 2. The van der Waals surface area contributed by atoms with Crippen molar-refractivity contribution in [1.82, 2.24) is 15.1 Å². The second-order valence-corrected chi connectivity index (χ2v) is 4.03. The van der Waals surface area contributed by atoms with E-state index in [0.29, 0.717) is 11.7 Å². The van der Waals surface area contributed by atoms with Crippen LogP contribution in [0.25, 0.3) is 22.8 Å². The minimum absolute atomic E-state index is 0.508. The zero-order chi connectivity index (χ0) is 12.4. The fourth-order valence-corrected chi connectivity index (χ4v) is 1.74. The van der Waals surface area contributed by atoms with Crippen LogP contribution in [0.5, 0.6) is 0 Å². The lowest BCUT2D eigenvalue weighted by Crippen LogP contribution is -1.82. The molecule has 88 valence electrons. The molecule has 0 spiro atoms. The molecule has 0 fully saturated rings. The molecule has 18 heavy (non-hydrogen) atoms. The van der Waals surface area contributed by atoms with Crippen LogP contribution in [0.4, 0.5) is 0 Å². The third kappa shape index (κ3) is 2.00. The van der Waals surface area contributed by atoms with Crippen molar-refractivity contribution in [2.45, 2.75) is 6.92 Å². The van der Waals surface area contributed by atoms with E-state index in [1.54, 1.807) is 12.4 Å². The minimum Gasteiger partial charge on any atom is -0.334 e. The molecule has 3 aromatic rings. The summed E-state index contributed by atoms with van der Waals surface area (Å²) in [5, 5.41) is 4.00. The maximum Gasteiger partial charge on any atom is 0.258 e. The molecule has 0 saturated heterocycles. The van der Waals surface area contributed by atoms with E-state index in [9.17, 15) is 0 Å². The number of benzene rings is 1. The highest BCUT2D eigenvalue weighted by Gasteiger charge is 2.09. The first kappa shape index (κ1) is 10.7. The first-order valence-corrected chi connectivity index (χ1v) is 5.64. The zero-order valence-electron chi connectivity index (χ0n) is 9.87. The van der Waals surface area contributed by atoms with Crippen LogP contribution in [-0.4, -0.2) is 15.1 Å². The van der Waals surface area contributed by atoms with Crippen LogP contribution in [0.15, 0.2) is 53.3 Å². The molecule has 0 aliphatic rings. The van der Waals surface area contributed by atoms with Crippen LogP contribution in [-0.2, 0) is 0 Å². The second kappa shape index (κ2) is 4.41. The first-order chi connectivity index (χ1) is 8.83. The Morgan fingerprint density at radius 3 is 2.61 bits per heavy atom. The van der Waals surface area contributed by atoms with Crippen molar-refractivity contribution in [3.05, 3.63) is 54.4 Å². The molecule has 3 rings (SSSR count). The molecule has 0 aliphatic carbocycles. The molecule has 4 heteroatoms. The predicted octanol–water partition coefficient (Wildman–Crippen LogP) is 3.11. The molecular weight excluding hydrogens is 226 g/mol. The Morgan fingerprint density at radius 2 is 1.83 bits per heavy atom. The van der Waals surface area contributed by atoms with E-state index in [0.717, 1.165) is 11.1 Å². The van der Waals surface area contributed by atoms with Gasteiger partial charge in [0.25, 0.3) is 5.89 Å². The summed E-state index contributed by atoms with van der Waals surface area (Å²) in [6.07, 6.45) is 3.40. The fraction of sp³-hybridized carbons (Fsp3) is 0.0714. The predicted molar refractivity (Wildman–Crippen MR) is 67.7 cm³/mol. The Labute approximate surface area is 104 Å². The average molecular weight is 237 g/mol. The van der Waals surface area contributed by atoms with Crippen molar-refractivity contribution >= 4 is 0 Å². The van der Waals surface area contributed by atoms with Gasteiger partial charge >= 0.3 is 0 Å². The summed E-state index contributed by atoms with van der Waals surface area (Å²) in [4.78, 5) is 8.34. The zero-order valence-corrected chi connectivity index (χ0v) is 9.87. The summed E-state index contributed by atoms with van der Waals surface area (Å²) in [6.45, 7) is 2.04. The first-order valence-electron chi connectivity index (χ1n) is 5.64. The SMILES string of the molecule is Cc1cccc(-c2noc(-c3ccncc3)n2)c1. The number of hydrogen-bond acceptors (Lipinski definition) is 4. The van der Waals surface area contributed by atoms with E-state index in [1.165, 1.54) is 5.56 Å². The molecule has 0 atom stereocenters. The van der Waals surface area contributed by atoms with Crippen LogP contribution >= 0.6 is 0 Å². The van der Waals surface area contributed by atoms with E-state index < -0.39 is 0 Å². The van der Waals surface area contributed by atoms with Gasteiger partial charge in [0.2, 0.25) is 5.82 Å². The lowest BCUT2D eigenvalue weighted by molar-refractivity contribution is 0.432. The van der Waals surface area contributed by atoms with Crippen molar-refractivity contribution < 1.29 is 4.52 Å². The standard InChI is InChI=1S/C14H11N3O/c1-10-3-2-4-12(9-10)13-16-14(18-17-13)11-5-7-15-8-6-11/h2-9H,1H3. The number of nitrogens with zero attached hydrogens (tertiary/aromatic N) is 3. The molecule has 0 N–H and O–H groups in total. The van der Waals surface area contributed by atoms with E-state index in [-0.39, 0.29) is 0 Å². The van der Waals surface area contributed by atoms with Crippen molar-refractivity contribution in [2.75, 3.05) is 0 Å². The van der Waals surface area contributed by atoms with Gasteiger partial charge in [-0.1, -0.05) is 28.9 Å². The maximum absolute atomic E-state index is 5.26. The van der Waals surface area contributed by atoms with Gasteiger partial charge < -0.3 is 4.52 Å². The van der Waals surface area contributed by atoms with Gasteiger partial charge in [-0.25, -0.2) is 0 Å². The van der Waals surface area contributed by atoms with E-state index in [1.807, 2.05) is 43.3 Å². The number of pyridine rings is 1. The van der Waals surface area contributed by atoms with Crippen LogP contribution < -0.4 is 0 Å². The van der Waals surface area contributed by atoms with E-state index in [2.05, 4.69) is 15.1 Å². The maximum atomic E-state index is 5.26. The van der Waals surface area contributed by atoms with Gasteiger partial charge in [0.15, 0.2) is 0 Å². The van der Waals surface area contributed by atoms with E-state index in [4.69, 9.17) is 4.52 Å². The van der Waals surface area contributed by atoms with Crippen molar-refractivity contribution in [2.24, 2.45) is 0 Å². The average Bonchev–Trinajstić information content (AvgIpc) is 2.89. The van der Waals surface area contributed by atoms with Crippen molar-refractivity contribution in [3.8, 4) is 22.8 Å². The van der Waals surface area contributed by atoms with Gasteiger partial charge in [-0.15, -0.1) is 0 Å². The van der Waals surface area contributed by atoms with Crippen LogP contribution in [0, 0.1) is 6.92 Å². The fourth-order valence-electron chi connectivity index (χ4n) is 1.74. The molecule has 2 heterocycles. The Balaban J connectivity index is 2.00. The quantitative estimate of drug-likeness (QED) is 0.687. The van der Waals surface area contributed by atoms with E-state index >= 15 is 0 Å². The Kier molecular flexibility index (Phi) is 2.61. The molecule has 0 unspecified atom stereocenters. The van der Waals surface area contributed by atoms with Crippen LogP contribution in [0.3, 0.4) is 0 Å². The molecule has 0 saturated carbocycles. The molecule has 0 bridgehead atoms. The van der Waals surface area contributed by atoms with Gasteiger partial charge in [-0.3, -0.25) is 4.98 Å². The van der Waals surface area contributed by atoms with Crippen molar-refractivity contribution in [3.63, 3.8) is 0 Å². The highest BCUT2D eigenvalue weighted by Crippen LogP contribution is 2.21. The van der Waals surface area contributed by atoms with Gasteiger partial charge in [0.05, 0.1) is 0 Å². The number of hydrogen-bond donors (Lipinski definition) is 0. The molecule has 0 aliphatic heterocycles. The van der Waals surface area contributed by atoms with Gasteiger partial charge in [0.1, 0.15) is 0 Å². The van der Waals surface area contributed by atoms with Gasteiger partial charge in [0, 0.05) is 23.5 Å². The van der Waals surface area contributed by atoms with Gasteiger partial charge in [-0.2, -0.15) is 4.98 Å². The summed E-state index contributed by atoms with van der Waals surface area (Å²) < 4.78 is 5.26. The smallest absolute Gasteiger partial charge is 0.258 e. The summed E-state index contributed by atoms with van der Waals surface area (Å²) in [5.41, 5.74) is 3.00. The summed E-state index contributed by atoms with van der Waals surface area (Å²) in [6, 6.07) is 11.7. The highest BCUT2D eigenvalue weighted by atomic mass is 16.5. The number of aromatic nitrogens is 3. The molecule has 1 aromatic carbocycles. The highest BCUT2D eigenvalue weighted by molar-refractivity contribution is 5.59. The third-order valence-electron chi connectivity index (χ3n) is 2.63. The summed E-state index contributed by atoms with van der Waals surface area (Å²) >= 11 is 0. The lowest BCUT2D eigenvalue weighted by atomic mass is 10.1. The molecule has 0 radical (unpaired) electrons. The van der Waals surface area contributed by atoms with Crippen LogP contribution in [0.2, 0.25) is 0 Å². The Hall–Kier alpha value is -2.49. The summed E-state index contributed by atoms with van der Waals surface area (Å²) in [7, 11) is 0. The Bertz CT molecular complexity index is 662. The molecule has 2 aromatic heterocycles. The molecule has 0 amide bonds. The minimum atomic E-state index is 0.508. The topological polar surface area (TPSA) is 51.8 Å². The van der Waals surface area contributed by atoms with Gasteiger partial charge in [-0.05, 0) is 25.1 Å². The normalized spacial score (nSPS) is 10.5. The summed E-state index contributed by atoms with van der Waals surface area (Å²) in [5.74, 6) is 1.11. The monoisotopic (exact) mass is 237 g/mol.